The lowest BCUT2D eigenvalue weighted by Crippen LogP contribution is -1.90. The Morgan fingerprint density at radius 1 is 1.33 bits per heavy atom. The summed E-state index contributed by atoms with van der Waals surface area (Å²) in [5.41, 5.74) is 0.291. The molecule has 0 fully saturated rings. The lowest BCUT2D eigenvalue weighted by atomic mass is 10.2. The van der Waals surface area contributed by atoms with E-state index in [-0.39, 0.29) is 0 Å². The summed E-state index contributed by atoms with van der Waals surface area (Å²) in [5, 5.41) is -0.236. The third-order valence-electron chi connectivity index (χ3n) is 1.20. The highest BCUT2D eigenvalue weighted by Crippen LogP contribution is 2.30. The minimum absolute atomic E-state index is 0.291. The van der Waals surface area contributed by atoms with E-state index in [0.29, 0.717) is 15.1 Å². The molecule has 0 aliphatic heterocycles. The summed E-state index contributed by atoms with van der Waals surface area (Å²) in [5.74, 6) is 0. The van der Waals surface area contributed by atoms with Crippen LogP contribution in [0.1, 0.15) is 10.4 Å². The zero-order valence-corrected chi connectivity index (χ0v) is 10.3. The van der Waals surface area contributed by atoms with Gasteiger partial charge in [0.05, 0.1) is 10.6 Å². The van der Waals surface area contributed by atoms with Crippen molar-refractivity contribution in [2.75, 3.05) is 0 Å². The van der Waals surface area contributed by atoms with Crippen LogP contribution in [0.4, 0.5) is 0 Å². The van der Waals surface area contributed by atoms with Crippen LogP contribution in [0.2, 0.25) is 5.02 Å². The van der Waals surface area contributed by atoms with Crippen LogP contribution in [0.25, 0.3) is 0 Å². The Kier molecular flexibility index (Phi) is 3.58. The second-order valence-electron chi connectivity index (χ2n) is 2.02. The molecule has 12 heavy (non-hydrogen) atoms. The smallest absolute Gasteiger partial charge is 0.253 e. The minimum Gasteiger partial charge on any atom is -0.276 e. The molecule has 0 aromatic heterocycles. The number of hydrogen-bond acceptors (Lipinski definition) is 1. The zero-order chi connectivity index (χ0) is 9.30. The molecule has 1 aromatic rings. The normalized spacial score (nSPS) is 10.0. The topological polar surface area (TPSA) is 17.1 Å². The van der Waals surface area contributed by atoms with E-state index in [0.717, 1.165) is 4.47 Å². The van der Waals surface area contributed by atoms with E-state index in [4.69, 9.17) is 23.2 Å². The number of carbonyl (C=O) groups excluding carboxylic acids is 1. The average Bonchev–Trinajstić information content (AvgIpc) is 1.96. The van der Waals surface area contributed by atoms with Crippen molar-refractivity contribution in [3.63, 3.8) is 0 Å². The Bertz CT molecular complexity index is 338. The SMILES string of the molecule is O=C(Cl)c1cc(Br)cc(Br)c1Cl. The summed E-state index contributed by atoms with van der Waals surface area (Å²) in [6.07, 6.45) is 0. The monoisotopic (exact) mass is 330 g/mol. The molecule has 0 saturated heterocycles. The van der Waals surface area contributed by atoms with Crippen molar-refractivity contribution >= 4 is 60.3 Å². The third-order valence-corrected chi connectivity index (χ3v) is 3.13. The van der Waals surface area contributed by atoms with Gasteiger partial charge in [0.25, 0.3) is 5.24 Å². The van der Waals surface area contributed by atoms with Crippen LogP contribution in [-0.2, 0) is 0 Å². The first-order chi connectivity index (χ1) is 5.52. The molecule has 64 valence electrons. The van der Waals surface area contributed by atoms with Gasteiger partial charge in [-0.3, -0.25) is 4.79 Å². The highest BCUT2D eigenvalue weighted by molar-refractivity contribution is 9.11. The largest absolute Gasteiger partial charge is 0.276 e. The average molecular weight is 333 g/mol. The van der Waals surface area contributed by atoms with E-state index in [9.17, 15) is 4.79 Å². The summed E-state index contributed by atoms with van der Waals surface area (Å²) in [6, 6.07) is 3.31. The maximum Gasteiger partial charge on any atom is 0.253 e. The molecule has 0 saturated carbocycles. The number of carbonyl (C=O) groups is 1. The first-order valence-corrected chi connectivity index (χ1v) is 5.21. The number of benzene rings is 1. The fourth-order valence-electron chi connectivity index (χ4n) is 0.699. The highest BCUT2D eigenvalue weighted by atomic mass is 79.9. The van der Waals surface area contributed by atoms with E-state index in [1.54, 1.807) is 12.1 Å². The highest BCUT2D eigenvalue weighted by Gasteiger charge is 2.11. The molecule has 1 rings (SSSR count). The van der Waals surface area contributed by atoms with Crippen LogP contribution in [0, 0.1) is 0 Å². The minimum atomic E-state index is -0.568. The van der Waals surface area contributed by atoms with Crippen LogP contribution >= 0.6 is 55.1 Å². The molecule has 0 bridgehead atoms. The van der Waals surface area contributed by atoms with Gasteiger partial charge in [-0.15, -0.1) is 0 Å². The molecule has 1 nitrogen and oxygen atoms in total. The molecule has 1 aromatic carbocycles. The van der Waals surface area contributed by atoms with Crippen LogP contribution in [0.15, 0.2) is 21.1 Å². The fraction of sp³-hybridized carbons (Fsp3) is 0. The maximum absolute atomic E-state index is 10.8. The van der Waals surface area contributed by atoms with Crippen molar-refractivity contribution in [3.8, 4) is 0 Å². The van der Waals surface area contributed by atoms with Crippen molar-refractivity contribution in [3.05, 3.63) is 31.7 Å². The van der Waals surface area contributed by atoms with Crippen molar-refractivity contribution in [1.82, 2.24) is 0 Å². The molecule has 0 aliphatic carbocycles. The zero-order valence-electron chi connectivity index (χ0n) is 5.57. The Morgan fingerprint density at radius 3 is 2.42 bits per heavy atom. The standard InChI is InChI=1S/C7H2Br2Cl2O/c8-3-1-4(7(11)12)6(10)5(9)2-3/h1-2H. The molecule has 0 N–H and O–H groups in total. The Hall–Kier alpha value is 0.430. The number of rotatable bonds is 1. The molecular formula is C7H2Br2Cl2O. The van der Waals surface area contributed by atoms with Gasteiger partial charge in [-0.05, 0) is 39.7 Å². The lowest BCUT2D eigenvalue weighted by Gasteiger charge is -2.01. The van der Waals surface area contributed by atoms with Gasteiger partial charge >= 0.3 is 0 Å². The number of hydrogen-bond donors (Lipinski definition) is 0. The Labute approximate surface area is 96.3 Å². The molecule has 0 spiro atoms. The van der Waals surface area contributed by atoms with E-state index < -0.39 is 5.24 Å². The van der Waals surface area contributed by atoms with E-state index in [2.05, 4.69) is 31.9 Å². The quantitative estimate of drug-likeness (QED) is 0.555. The summed E-state index contributed by atoms with van der Waals surface area (Å²) >= 11 is 17.5. The van der Waals surface area contributed by atoms with Gasteiger partial charge in [0.15, 0.2) is 0 Å². The van der Waals surface area contributed by atoms with Crippen LogP contribution in [-0.4, -0.2) is 5.24 Å². The Balaban J connectivity index is 3.37. The third kappa shape index (κ3) is 2.22. The lowest BCUT2D eigenvalue weighted by molar-refractivity contribution is 0.108. The molecule has 5 heteroatoms. The number of halogens is 4. The summed E-state index contributed by atoms with van der Waals surface area (Å²) < 4.78 is 1.39. The van der Waals surface area contributed by atoms with Crippen molar-refractivity contribution in [2.24, 2.45) is 0 Å². The first kappa shape index (κ1) is 10.5. The van der Waals surface area contributed by atoms with Gasteiger partial charge in [-0.25, -0.2) is 0 Å². The van der Waals surface area contributed by atoms with Gasteiger partial charge < -0.3 is 0 Å². The molecule has 0 radical (unpaired) electrons. The van der Waals surface area contributed by atoms with Crippen molar-refractivity contribution < 1.29 is 4.79 Å². The second-order valence-corrected chi connectivity index (χ2v) is 4.51. The van der Waals surface area contributed by atoms with Crippen molar-refractivity contribution in [1.29, 1.82) is 0 Å². The van der Waals surface area contributed by atoms with E-state index in [1.165, 1.54) is 0 Å². The van der Waals surface area contributed by atoms with Crippen LogP contribution in [0.3, 0.4) is 0 Å². The van der Waals surface area contributed by atoms with Crippen molar-refractivity contribution in [2.45, 2.75) is 0 Å². The van der Waals surface area contributed by atoms with E-state index >= 15 is 0 Å². The van der Waals surface area contributed by atoms with Crippen LogP contribution < -0.4 is 0 Å². The van der Waals surface area contributed by atoms with Gasteiger partial charge in [0.2, 0.25) is 0 Å². The molecule has 0 atom stereocenters. The van der Waals surface area contributed by atoms with E-state index in [1.807, 2.05) is 0 Å². The summed E-state index contributed by atoms with van der Waals surface area (Å²) in [4.78, 5) is 10.8. The van der Waals surface area contributed by atoms with Gasteiger partial charge in [-0.1, -0.05) is 27.5 Å². The molecule has 0 unspecified atom stereocenters. The predicted octanol–water partition coefficient (Wildman–Crippen LogP) is 4.24. The molecule has 0 amide bonds. The predicted molar refractivity (Wildman–Crippen MR) is 57.0 cm³/mol. The molecule has 0 heterocycles. The van der Waals surface area contributed by atoms with Gasteiger partial charge in [0, 0.05) is 8.95 Å². The second kappa shape index (κ2) is 4.09. The molecule has 0 aliphatic rings. The fourth-order valence-corrected chi connectivity index (χ4v) is 2.32. The van der Waals surface area contributed by atoms with Crippen LogP contribution in [0.5, 0.6) is 0 Å². The Morgan fingerprint density at radius 2 is 1.92 bits per heavy atom. The summed E-state index contributed by atoms with van der Waals surface area (Å²) in [7, 11) is 0. The molecular weight excluding hydrogens is 331 g/mol. The van der Waals surface area contributed by atoms with Gasteiger partial charge in [0.1, 0.15) is 0 Å². The first-order valence-electron chi connectivity index (χ1n) is 2.86. The van der Waals surface area contributed by atoms with Gasteiger partial charge in [-0.2, -0.15) is 0 Å². The summed E-state index contributed by atoms with van der Waals surface area (Å²) in [6.45, 7) is 0. The maximum atomic E-state index is 10.8.